The molecule has 0 saturated carbocycles. The molecule has 0 radical (unpaired) electrons. The summed E-state index contributed by atoms with van der Waals surface area (Å²) < 4.78 is 14.1. The highest BCUT2D eigenvalue weighted by Gasteiger charge is 2.20. The van der Waals surface area contributed by atoms with Crippen LogP contribution in [0.1, 0.15) is 15.9 Å². The SMILES string of the molecule is Nc1ccc(Br)c(Cl)c1C(=O)c1ccccc1F. The molecule has 0 saturated heterocycles. The Morgan fingerprint density at radius 2 is 1.89 bits per heavy atom. The van der Waals surface area contributed by atoms with Crippen molar-refractivity contribution in [2.45, 2.75) is 0 Å². The second kappa shape index (κ2) is 5.08. The maximum absolute atomic E-state index is 13.6. The first-order chi connectivity index (χ1) is 8.52. The van der Waals surface area contributed by atoms with Crippen LogP contribution < -0.4 is 5.73 Å². The van der Waals surface area contributed by atoms with Crippen molar-refractivity contribution in [3.63, 3.8) is 0 Å². The fourth-order valence-electron chi connectivity index (χ4n) is 1.58. The van der Waals surface area contributed by atoms with Crippen molar-refractivity contribution in [1.82, 2.24) is 0 Å². The normalized spacial score (nSPS) is 10.4. The van der Waals surface area contributed by atoms with E-state index in [0.29, 0.717) is 4.47 Å². The summed E-state index contributed by atoms with van der Waals surface area (Å²) in [5.41, 5.74) is 6.00. The molecule has 2 N–H and O–H groups in total. The van der Waals surface area contributed by atoms with Crippen LogP contribution in [-0.4, -0.2) is 5.78 Å². The van der Waals surface area contributed by atoms with Gasteiger partial charge in [-0.3, -0.25) is 4.79 Å². The van der Waals surface area contributed by atoms with Crippen molar-refractivity contribution < 1.29 is 9.18 Å². The summed E-state index contributed by atoms with van der Waals surface area (Å²) in [7, 11) is 0. The van der Waals surface area contributed by atoms with Crippen molar-refractivity contribution in [3.8, 4) is 0 Å². The highest BCUT2D eigenvalue weighted by Crippen LogP contribution is 2.32. The van der Waals surface area contributed by atoms with Gasteiger partial charge >= 0.3 is 0 Å². The second-order valence-electron chi connectivity index (χ2n) is 3.63. The summed E-state index contributed by atoms with van der Waals surface area (Å²) in [4.78, 5) is 12.2. The van der Waals surface area contributed by atoms with Gasteiger partial charge in [-0.25, -0.2) is 4.39 Å². The number of ketones is 1. The van der Waals surface area contributed by atoms with Gasteiger partial charge in [0.1, 0.15) is 5.82 Å². The molecule has 5 heteroatoms. The number of hydrogen-bond donors (Lipinski definition) is 1. The van der Waals surface area contributed by atoms with Crippen LogP contribution in [0.15, 0.2) is 40.9 Å². The van der Waals surface area contributed by atoms with E-state index in [1.54, 1.807) is 18.2 Å². The van der Waals surface area contributed by atoms with Crippen LogP contribution in [0, 0.1) is 5.82 Å². The van der Waals surface area contributed by atoms with Crippen molar-refractivity contribution in [1.29, 1.82) is 0 Å². The average Bonchev–Trinajstić information content (AvgIpc) is 2.35. The van der Waals surface area contributed by atoms with E-state index >= 15 is 0 Å². The molecule has 0 aliphatic rings. The quantitative estimate of drug-likeness (QED) is 0.667. The molecule has 92 valence electrons. The molecular formula is C13H8BrClFNO. The molecule has 18 heavy (non-hydrogen) atoms. The lowest BCUT2D eigenvalue weighted by molar-refractivity contribution is 0.103. The molecule has 2 nitrogen and oxygen atoms in total. The standard InChI is InChI=1S/C13H8BrClFNO/c14-8-5-6-10(17)11(12(8)15)13(18)7-3-1-2-4-9(7)16/h1-6H,17H2. The summed E-state index contributed by atoms with van der Waals surface area (Å²) >= 11 is 9.23. The van der Waals surface area contributed by atoms with E-state index in [0.717, 1.165) is 0 Å². The summed E-state index contributed by atoms with van der Waals surface area (Å²) in [6, 6.07) is 8.89. The summed E-state index contributed by atoms with van der Waals surface area (Å²) in [6.07, 6.45) is 0. The van der Waals surface area contributed by atoms with Crippen molar-refractivity contribution >= 4 is 39.0 Å². The number of nitrogens with two attached hydrogens (primary N) is 1. The zero-order chi connectivity index (χ0) is 13.3. The lowest BCUT2D eigenvalue weighted by atomic mass is 10.0. The molecule has 0 spiro atoms. The van der Waals surface area contributed by atoms with Crippen LogP contribution in [0.25, 0.3) is 0 Å². The Balaban J connectivity index is 2.61. The number of anilines is 1. The first-order valence-corrected chi connectivity index (χ1v) is 6.22. The van der Waals surface area contributed by atoms with Gasteiger partial charge in [0, 0.05) is 10.2 Å². The van der Waals surface area contributed by atoms with Crippen molar-refractivity contribution in [2.24, 2.45) is 0 Å². The first kappa shape index (κ1) is 13.1. The van der Waals surface area contributed by atoms with Crippen LogP contribution in [0.3, 0.4) is 0 Å². The van der Waals surface area contributed by atoms with Crippen molar-refractivity contribution in [2.75, 3.05) is 5.73 Å². The number of carbonyl (C=O) groups is 1. The highest BCUT2D eigenvalue weighted by molar-refractivity contribution is 9.10. The van der Waals surface area contributed by atoms with E-state index in [2.05, 4.69) is 15.9 Å². The van der Waals surface area contributed by atoms with Crippen LogP contribution in [0.4, 0.5) is 10.1 Å². The van der Waals surface area contributed by atoms with Gasteiger partial charge in [0.15, 0.2) is 5.78 Å². The zero-order valence-electron chi connectivity index (χ0n) is 9.08. The Hall–Kier alpha value is -1.39. The zero-order valence-corrected chi connectivity index (χ0v) is 11.4. The summed E-state index contributed by atoms with van der Waals surface area (Å²) in [5.74, 6) is -1.13. The summed E-state index contributed by atoms with van der Waals surface area (Å²) in [6.45, 7) is 0. The number of rotatable bonds is 2. The lowest BCUT2D eigenvalue weighted by Crippen LogP contribution is -2.08. The average molecular weight is 329 g/mol. The molecule has 0 fully saturated rings. The van der Waals surface area contributed by atoms with Gasteiger partial charge in [0.2, 0.25) is 0 Å². The monoisotopic (exact) mass is 327 g/mol. The Labute approximate surface area is 117 Å². The Morgan fingerprint density at radius 1 is 1.22 bits per heavy atom. The van der Waals surface area contributed by atoms with Crippen molar-refractivity contribution in [3.05, 3.63) is 62.8 Å². The molecule has 0 aliphatic carbocycles. The molecule has 2 aromatic carbocycles. The number of carbonyl (C=O) groups excluding carboxylic acids is 1. The number of nitrogen functional groups attached to an aromatic ring is 1. The maximum Gasteiger partial charge on any atom is 0.199 e. The number of benzene rings is 2. The minimum atomic E-state index is -0.599. The molecule has 2 aromatic rings. The molecule has 0 amide bonds. The molecule has 0 atom stereocenters. The maximum atomic E-state index is 13.6. The third kappa shape index (κ3) is 2.26. The van der Waals surface area contributed by atoms with Gasteiger partial charge in [0.05, 0.1) is 16.1 Å². The van der Waals surface area contributed by atoms with E-state index < -0.39 is 11.6 Å². The fraction of sp³-hybridized carbons (Fsp3) is 0. The van der Waals surface area contributed by atoms with E-state index in [9.17, 15) is 9.18 Å². The molecule has 2 rings (SSSR count). The lowest BCUT2D eigenvalue weighted by Gasteiger charge is -2.09. The fourth-order valence-corrected chi connectivity index (χ4v) is 2.16. The molecule has 0 aromatic heterocycles. The van der Waals surface area contributed by atoms with Gasteiger partial charge in [-0.05, 0) is 40.2 Å². The molecular weight excluding hydrogens is 321 g/mol. The predicted octanol–water partition coefficient (Wildman–Crippen LogP) is 4.05. The molecule has 0 bridgehead atoms. The van der Waals surface area contributed by atoms with Crippen LogP contribution in [0.2, 0.25) is 5.02 Å². The van der Waals surface area contributed by atoms with E-state index in [4.69, 9.17) is 17.3 Å². The predicted molar refractivity (Wildman–Crippen MR) is 73.4 cm³/mol. The van der Waals surface area contributed by atoms with Gasteiger partial charge in [-0.2, -0.15) is 0 Å². The van der Waals surface area contributed by atoms with Gasteiger partial charge in [-0.15, -0.1) is 0 Å². The number of halogens is 3. The Morgan fingerprint density at radius 3 is 2.56 bits per heavy atom. The van der Waals surface area contributed by atoms with Gasteiger partial charge in [-0.1, -0.05) is 23.7 Å². The topological polar surface area (TPSA) is 43.1 Å². The molecule has 0 aliphatic heterocycles. The largest absolute Gasteiger partial charge is 0.398 e. The van der Waals surface area contributed by atoms with Gasteiger partial charge < -0.3 is 5.73 Å². The van der Waals surface area contributed by atoms with Crippen LogP contribution >= 0.6 is 27.5 Å². The third-order valence-corrected chi connectivity index (χ3v) is 3.75. The number of hydrogen-bond acceptors (Lipinski definition) is 2. The van der Waals surface area contributed by atoms with E-state index in [1.807, 2.05) is 0 Å². The van der Waals surface area contributed by atoms with Gasteiger partial charge in [0.25, 0.3) is 0 Å². The van der Waals surface area contributed by atoms with Crippen LogP contribution in [-0.2, 0) is 0 Å². The van der Waals surface area contributed by atoms with E-state index in [-0.39, 0.29) is 21.8 Å². The van der Waals surface area contributed by atoms with E-state index in [1.165, 1.54) is 18.2 Å². The highest BCUT2D eigenvalue weighted by atomic mass is 79.9. The summed E-state index contributed by atoms with van der Waals surface area (Å²) in [5, 5.41) is 0.184. The minimum Gasteiger partial charge on any atom is -0.398 e. The Kier molecular flexibility index (Phi) is 3.68. The second-order valence-corrected chi connectivity index (χ2v) is 4.87. The molecule has 0 unspecified atom stereocenters. The molecule has 0 heterocycles. The Bertz CT molecular complexity index is 630. The third-order valence-electron chi connectivity index (χ3n) is 2.47. The smallest absolute Gasteiger partial charge is 0.199 e. The minimum absolute atomic E-state index is 0.0517. The first-order valence-electron chi connectivity index (χ1n) is 5.05. The van der Waals surface area contributed by atoms with Crippen LogP contribution in [0.5, 0.6) is 0 Å².